The van der Waals surface area contributed by atoms with Gasteiger partial charge in [-0.1, -0.05) is 67.6 Å². The minimum atomic E-state index is -0.980. The predicted octanol–water partition coefficient (Wildman–Crippen LogP) is 3.50. The van der Waals surface area contributed by atoms with Gasteiger partial charge in [0.25, 0.3) is 0 Å². The highest BCUT2D eigenvalue weighted by molar-refractivity contribution is 5.84. The van der Waals surface area contributed by atoms with Gasteiger partial charge in [-0.05, 0) is 24.5 Å². The second kappa shape index (κ2) is 8.82. The van der Waals surface area contributed by atoms with Gasteiger partial charge >= 0.3 is 11.9 Å². The fourth-order valence-electron chi connectivity index (χ4n) is 3.59. The van der Waals surface area contributed by atoms with Crippen molar-refractivity contribution in [2.45, 2.75) is 45.0 Å². The number of esters is 2. The van der Waals surface area contributed by atoms with Gasteiger partial charge in [0.1, 0.15) is 6.04 Å². The molecule has 3 rings (SSSR count). The molecule has 0 N–H and O–H groups in total. The van der Waals surface area contributed by atoms with Crippen molar-refractivity contribution in [1.29, 1.82) is 0 Å². The van der Waals surface area contributed by atoms with Crippen LogP contribution in [-0.4, -0.2) is 35.6 Å². The maximum Gasteiger partial charge on any atom is 0.349 e. The number of carbonyl (C=O) groups excluding carboxylic acids is 2. The predicted molar refractivity (Wildman–Crippen MR) is 102 cm³/mol. The molecule has 1 aliphatic rings. The van der Waals surface area contributed by atoms with Crippen LogP contribution in [0.1, 0.15) is 37.4 Å². The van der Waals surface area contributed by atoms with E-state index in [2.05, 4.69) is 4.90 Å². The number of ether oxygens (including phenoxy) is 2. The molecular weight excluding hydrogens is 342 g/mol. The molecule has 2 aromatic rings. The SMILES string of the molecule is CCOC(=O)[C@@H]1OC(=O)C(CC)N(Cc2ccccc2)[C@@H]1c1ccccc1. The number of nitrogens with zero attached hydrogens (tertiary/aromatic N) is 1. The van der Waals surface area contributed by atoms with Gasteiger partial charge < -0.3 is 9.47 Å². The lowest BCUT2D eigenvalue weighted by Crippen LogP contribution is -2.56. The van der Waals surface area contributed by atoms with E-state index in [1.165, 1.54) is 0 Å². The number of cyclic esters (lactones) is 1. The van der Waals surface area contributed by atoms with E-state index in [0.717, 1.165) is 11.1 Å². The summed E-state index contributed by atoms with van der Waals surface area (Å²) in [6, 6.07) is 18.8. The van der Waals surface area contributed by atoms with Gasteiger partial charge in [-0.15, -0.1) is 0 Å². The average molecular weight is 367 g/mol. The Labute approximate surface area is 159 Å². The van der Waals surface area contributed by atoms with Gasteiger partial charge in [0.15, 0.2) is 0 Å². The monoisotopic (exact) mass is 367 g/mol. The van der Waals surface area contributed by atoms with Crippen LogP contribution in [0.5, 0.6) is 0 Å². The molecule has 5 heteroatoms. The van der Waals surface area contributed by atoms with Crippen LogP contribution in [0, 0.1) is 0 Å². The molecule has 0 spiro atoms. The second-order valence-electron chi connectivity index (χ2n) is 6.55. The summed E-state index contributed by atoms with van der Waals surface area (Å²) >= 11 is 0. The number of hydrogen-bond acceptors (Lipinski definition) is 5. The Kier molecular flexibility index (Phi) is 6.24. The molecule has 0 aliphatic carbocycles. The van der Waals surface area contributed by atoms with Crippen LogP contribution in [0.15, 0.2) is 60.7 Å². The Morgan fingerprint density at radius 2 is 1.67 bits per heavy atom. The Bertz CT molecular complexity index is 762. The van der Waals surface area contributed by atoms with E-state index >= 15 is 0 Å². The summed E-state index contributed by atoms with van der Waals surface area (Å²) in [6.45, 7) is 4.49. The lowest BCUT2D eigenvalue weighted by Gasteiger charge is -2.44. The molecule has 27 heavy (non-hydrogen) atoms. The smallest absolute Gasteiger partial charge is 0.349 e. The van der Waals surface area contributed by atoms with Gasteiger partial charge in [-0.3, -0.25) is 9.69 Å². The molecule has 142 valence electrons. The van der Waals surface area contributed by atoms with Crippen LogP contribution in [0.4, 0.5) is 0 Å². The third-order valence-corrected chi connectivity index (χ3v) is 4.81. The summed E-state index contributed by atoms with van der Waals surface area (Å²) in [5.41, 5.74) is 2.01. The second-order valence-corrected chi connectivity index (χ2v) is 6.55. The van der Waals surface area contributed by atoms with E-state index in [9.17, 15) is 9.59 Å². The first-order chi connectivity index (χ1) is 13.2. The molecule has 1 unspecified atom stereocenters. The zero-order valence-corrected chi connectivity index (χ0v) is 15.7. The summed E-state index contributed by atoms with van der Waals surface area (Å²) in [7, 11) is 0. The summed E-state index contributed by atoms with van der Waals surface area (Å²) < 4.78 is 10.8. The molecule has 5 nitrogen and oxygen atoms in total. The van der Waals surface area contributed by atoms with Crippen LogP contribution in [0.3, 0.4) is 0 Å². The molecular formula is C22H25NO4. The van der Waals surface area contributed by atoms with E-state index in [1.807, 2.05) is 67.6 Å². The number of benzene rings is 2. The first-order valence-corrected chi connectivity index (χ1v) is 9.37. The van der Waals surface area contributed by atoms with Crippen molar-refractivity contribution >= 4 is 11.9 Å². The number of carbonyl (C=O) groups is 2. The fourth-order valence-corrected chi connectivity index (χ4v) is 3.59. The quantitative estimate of drug-likeness (QED) is 0.732. The van der Waals surface area contributed by atoms with Crippen molar-refractivity contribution in [2.24, 2.45) is 0 Å². The van der Waals surface area contributed by atoms with E-state index < -0.39 is 24.2 Å². The molecule has 0 bridgehead atoms. The highest BCUT2D eigenvalue weighted by Crippen LogP contribution is 2.36. The van der Waals surface area contributed by atoms with Crippen molar-refractivity contribution in [1.82, 2.24) is 4.90 Å². The van der Waals surface area contributed by atoms with Gasteiger partial charge in [-0.2, -0.15) is 0 Å². The number of morpholine rings is 1. The first-order valence-electron chi connectivity index (χ1n) is 9.37. The molecule has 2 aromatic carbocycles. The summed E-state index contributed by atoms with van der Waals surface area (Å²) in [5, 5.41) is 0. The summed E-state index contributed by atoms with van der Waals surface area (Å²) in [4.78, 5) is 27.3. The maximum atomic E-state index is 12.7. The molecule has 1 heterocycles. The first kappa shape index (κ1) is 19.1. The van der Waals surface area contributed by atoms with Crippen LogP contribution >= 0.6 is 0 Å². The highest BCUT2D eigenvalue weighted by Gasteiger charge is 2.47. The lowest BCUT2D eigenvalue weighted by molar-refractivity contribution is -0.190. The third kappa shape index (κ3) is 4.19. The minimum Gasteiger partial charge on any atom is -0.463 e. The molecule has 1 saturated heterocycles. The minimum absolute atomic E-state index is 0.240. The Hall–Kier alpha value is -2.66. The van der Waals surface area contributed by atoms with Crippen molar-refractivity contribution < 1.29 is 19.1 Å². The van der Waals surface area contributed by atoms with Gasteiger partial charge in [0, 0.05) is 6.54 Å². The normalized spacial score (nSPS) is 22.9. The number of rotatable bonds is 6. The van der Waals surface area contributed by atoms with Gasteiger partial charge in [0.2, 0.25) is 6.10 Å². The largest absolute Gasteiger partial charge is 0.463 e. The van der Waals surface area contributed by atoms with E-state index in [1.54, 1.807) is 6.92 Å². The zero-order valence-electron chi connectivity index (χ0n) is 15.7. The molecule has 0 saturated carbocycles. The lowest BCUT2D eigenvalue weighted by atomic mass is 9.93. The van der Waals surface area contributed by atoms with E-state index in [4.69, 9.17) is 9.47 Å². The molecule has 3 atom stereocenters. The van der Waals surface area contributed by atoms with E-state index in [0.29, 0.717) is 13.0 Å². The van der Waals surface area contributed by atoms with Crippen LogP contribution in [-0.2, 0) is 25.6 Å². The molecule has 0 aromatic heterocycles. The van der Waals surface area contributed by atoms with Crippen molar-refractivity contribution in [2.75, 3.05) is 6.61 Å². The molecule has 1 aliphatic heterocycles. The van der Waals surface area contributed by atoms with Gasteiger partial charge in [0.05, 0.1) is 12.6 Å². The van der Waals surface area contributed by atoms with Gasteiger partial charge in [-0.25, -0.2) is 4.79 Å². The van der Waals surface area contributed by atoms with Crippen LogP contribution in [0.25, 0.3) is 0 Å². The Morgan fingerprint density at radius 3 is 2.26 bits per heavy atom. The topological polar surface area (TPSA) is 55.8 Å². The summed E-state index contributed by atoms with van der Waals surface area (Å²) in [6.07, 6.45) is -0.378. The molecule has 0 amide bonds. The maximum absolute atomic E-state index is 12.7. The fraction of sp³-hybridized carbons (Fsp3) is 0.364. The average Bonchev–Trinajstić information content (AvgIpc) is 2.69. The number of hydrogen-bond donors (Lipinski definition) is 0. The Morgan fingerprint density at radius 1 is 1.04 bits per heavy atom. The van der Waals surface area contributed by atoms with Crippen LogP contribution in [0.2, 0.25) is 0 Å². The molecule has 1 fully saturated rings. The third-order valence-electron chi connectivity index (χ3n) is 4.81. The van der Waals surface area contributed by atoms with Crippen molar-refractivity contribution in [3.8, 4) is 0 Å². The Balaban J connectivity index is 2.03. The van der Waals surface area contributed by atoms with Crippen molar-refractivity contribution in [3.05, 3.63) is 71.8 Å². The zero-order chi connectivity index (χ0) is 19.2. The van der Waals surface area contributed by atoms with Crippen LogP contribution < -0.4 is 0 Å². The highest BCUT2D eigenvalue weighted by atomic mass is 16.6. The standard InChI is InChI=1S/C22H25NO4/c1-3-18-21(24)27-20(22(25)26-4-2)19(17-13-9-6-10-14-17)23(18)15-16-11-7-5-8-12-16/h5-14,18-20H,3-4,15H2,1-2H3/t18?,19-,20-/m1/s1. The molecule has 0 radical (unpaired) electrons. The van der Waals surface area contributed by atoms with Crippen molar-refractivity contribution in [3.63, 3.8) is 0 Å². The summed E-state index contributed by atoms with van der Waals surface area (Å²) in [5.74, 6) is -0.883. The van der Waals surface area contributed by atoms with E-state index in [-0.39, 0.29) is 12.6 Å².